The number of unbranched alkanes of at least 4 members (excludes halogenated alkanes) is 1. The van der Waals surface area contributed by atoms with E-state index in [1.54, 1.807) is 13.3 Å². The molecule has 8 nitrogen and oxygen atoms in total. The van der Waals surface area contributed by atoms with Gasteiger partial charge in [-0.2, -0.15) is 5.10 Å². The molecule has 3 heterocycles. The maximum atomic E-state index is 12.8. The Bertz CT molecular complexity index is 987. The number of halogens is 1. The van der Waals surface area contributed by atoms with Crippen LogP contribution in [-0.4, -0.2) is 85.7 Å². The van der Waals surface area contributed by atoms with Crippen LogP contribution in [0.3, 0.4) is 0 Å². The third kappa shape index (κ3) is 7.12. The summed E-state index contributed by atoms with van der Waals surface area (Å²) in [4.78, 5) is 19.9. The Labute approximate surface area is 213 Å². The molecule has 1 aromatic heterocycles. The van der Waals surface area contributed by atoms with Crippen molar-refractivity contribution in [3.05, 3.63) is 45.8 Å². The molecule has 4 rings (SSSR count). The lowest BCUT2D eigenvalue weighted by Gasteiger charge is -2.36. The molecule has 0 spiro atoms. The Morgan fingerprint density at radius 1 is 0.886 bits per heavy atom. The van der Waals surface area contributed by atoms with Crippen molar-refractivity contribution in [1.82, 2.24) is 19.6 Å². The number of aryl methyl sites for hydroxylation is 1. The standard InChI is InChI=1S/C26H38ClN5O3/c1-34-23-9-3-4-10-24(23)35-20-19-30-15-17-31(18-16-30)22-21-28-32(26(33)25(22)27)14-8-7-13-29-11-5-2-6-12-29/h3-4,9-10,21H,2,5-8,11-20H2,1H3. The molecule has 0 atom stereocenters. The second-order valence-electron chi connectivity index (χ2n) is 9.31. The molecule has 0 saturated carbocycles. The number of para-hydroxylation sites is 2. The number of piperazine rings is 1. The van der Waals surface area contributed by atoms with Crippen LogP contribution in [0.5, 0.6) is 11.5 Å². The Morgan fingerprint density at radius 3 is 2.31 bits per heavy atom. The second-order valence-corrected chi connectivity index (χ2v) is 9.69. The van der Waals surface area contributed by atoms with Gasteiger partial charge in [0.05, 0.1) is 19.0 Å². The maximum absolute atomic E-state index is 12.8. The topological polar surface area (TPSA) is 63.1 Å². The Kier molecular flexibility index (Phi) is 9.68. The zero-order valence-electron chi connectivity index (χ0n) is 20.8. The highest BCUT2D eigenvalue weighted by Crippen LogP contribution is 2.26. The van der Waals surface area contributed by atoms with Gasteiger partial charge < -0.3 is 19.3 Å². The van der Waals surface area contributed by atoms with Gasteiger partial charge in [0.25, 0.3) is 5.56 Å². The fourth-order valence-electron chi connectivity index (χ4n) is 4.85. The fraction of sp³-hybridized carbons (Fsp3) is 0.615. The molecule has 0 aliphatic carbocycles. The number of ether oxygens (including phenoxy) is 2. The highest BCUT2D eigenvalue weighted by atomic mass is 35.5. The van der Waals surface area contributed by atoms with Crippen LogP contribution in [0.15, 0.2) is 35.3 Å². The van der Waals surface area contributed by atoms with Gasteiger partial charge in [-0.1, -0.05) is 30.2 Å². The summed E-state index contributed by atoms with van der Waals surface area (Å²) >= 11 is 6.51. The molecule has 1 aromatic carbocycles. The lowest BCUT2D eigenvalue weighted by Crippen LogP contribution is -2.48. The van der Waals surface area contributed by atoms with Gasteiger partial charge in [0.1, 0.15) is 11.6 Å². The first-order chi connectivity index (χ1) is 17.2. The van der Waals surface area contributed by atoms with E-state index in [1.807, 2.05) is 24.3 Å². The minimum atomic E-state index is -0.185. The van der Waals surface area contributed by atoms with Crippen molar-refractivity contribution in [2.45, 2.75) is 38.6 Å². The van der Waals surface area contributed by atoms with Crippen molar-refractivity contribution in [3.63, 3.8) is 0 Å². The SMILES string of the molecule is COc1ccccc1OCCN1CCN(c2cnn(CCCCN3CCCCC3)c(=O)c2Cl)CC1. The van der Waals surface area contributed by atoms with E-state index in [0.717, 1.165) is 69.3 Å². The van der Waals surface area contributed by atoms with Gasteiger partial charge >= 0.3 is 0 Å². The molecule has 2 saturated heterocycles. The van der Waals surface area contributed by atoms with Crippen molar-refractivity contribution in [3.8, 4) is 11.5 Å². The van der Waals surface area contributed by atoms with Crippen LogP contribution >= 0.6 is 11.6 Å². The van der Waals surface area contributed by atoms with Crippen LogP contribution in [0.4, 0.5) is 5.69 Å². The number of rotatable bonds is 11. The number of benzene rings is 1. The second kappa shape index (κ2) is 13.1. The molecular formula is C26H38ClN5O3. The summed E-state index contributed by atoms with van der Waals surface area (Å²) in [7, 11) is 1.65. The van der Waals surface area contributed by atoms with Crippen LogP contribution in [0, 0.1) is 0 Å². The number of likely N-dealkylation sites (tertiary alicyclic amines) is 1. The molecule has 9 heteroatoms. The van der Waals surface area contributed by atoms with E-state index in [9.17, 15) is 4.79 Å². The quantitative estimate of drug-likeness (QED) is 0.435. The van der Waals surface area contributed by atoms with Gasteiger partial charge in [0.15, 0.2) is 11.5 Å². The van der Waals surface area contributed by atoms with Crippen LogP contribution in [-0.2, 0) is 6.54 Å². The van der Waals surface area contributed by atoms with Gasteiger partial charge in [-0.15, -0.1) is 0 Å². The normalized spacial score (nSPS) is 17.5. The number of aromatic nitrogens is 2. The number of hydrogen-bond donors (Lipinski definition) is 0. The van der Waals surface area contributed by atoms with Gasteiger partial charge in [0.2, 0.25) is 0 Å². The highest BCUT2D eigenvalue weighted by Gasteiger charge is 2.21. The summed E-state index contributed by atoms with van der Waals surface area (Å²) in [6.07, 6.45) is 7.75. The Hall–Kier alpha value is -2.29. The van der Waals surface area contributed by atoms with Crippen LogP contribution < -0.4 is 19.9 Å². The largest absolute Gasteiger partial charge is 0.493 e. The molecule has 0 unspecified atom stereocenters. The third-order valence-corrected chi connectivity index (χ3v) is 7.31. The number of nitrogens with zero attached hydrogens (tertiary/aromatic N) is 5. The maximum Gasteiger partial charge on any atom is 0.287 e. The summed E-state index contributed by atoms with van der Waals surface area (Å²) in [5.74, 6) is 1.51. The van der Waals surface area contributed by atoms with Gasteiger partial charge in [-0.25, -0.2) is 4.68 Å². The molecule has 35 heavy (non-hydrogen) atoms. The summed E-state index contributed by atoms with van der Waals surface area (Å²) in [5.41, 5.74) is 0.556. The zero-order chi connectivity index (χ0) is 24.5. The summed E-state index contributed by atoms with van der Waals surface area (Å²) in [5, 5.41) is 4.72. The summed E-state index contributed by atoms with van der Waals surface area (Å²) in [6, 6.07) is 7.69. The van der Waals surface area contributed by atoms with E-state index in [-0.39, 0.29) is 10.6 Å². The predicted octanol–water partition coefficient (Wildman–Crippen LogP) is 3.37. The molecule has 0 radical (unpaired) electrons. The molecule has 0 N–H and O–H groups in total. The molecule has 2 aliphatic rings. The van der Waals surface area contributed by atoms with Gasteiger partial charge in [-0.05, 0) is 57.5 Å². The zero-order valence-corrected chi connectivity index (χ0v) is 21.6. The minimum absolute atomic E-state index is 0.185. The molecule has 192 valence electrons. The van der Waals surface area contributed by atoms with E-state index in [2.05, 4.69) is 19.8 Å². The lowest BCUT2D eigenvalue weighted by molar-refractivity contribution is 0.197. The average molecular weight is 504 g/mol. The van der Waals surface area contributed by atoms with Crippen molar-refractivity contribution < 1.29 is 9.47 Å². The highest BCUT2D eigenvalue weighted by molar-refractivity contribution is 6.33. The van der Waals surface area contributed by atoms with E-state index in [0.29, 0.717) is 13.2 Å². The van der Waals surface area contributed by atoms with Crippen molar-refractivity contribution in [1.29, 1.82) is 0 Å². The molecule has 2 aromatic rings. The van der Waals surface area contributed by atoms with E-state index in [4.69, 9.17) is 21.1 Å². The van der Waals surface area contributed by atoms with Gasteiger partial charge in [0, 0.05) is 39.3 Å². The third-order valence-electron chi connectivity index (χ3n) is 6.96. The van der Waals surface area contributed by atoms with Crippen LogP contribution in [0.2, 0.25) is 5.02 Å². The van der Waals surface area contributed by atoms with Crippen molar-refractivity contribution in [2.75, 3.05) is 71.0 Å². The smallest absolute Gasteiger partial charge is 0.287 e. The monoisotopic (exact) mass is 503 g/mol. The predicted molar refractivity (Wildman–Crippen MR) is 140 cm³/mol. The number of anilines is 1. The molecule has 0 amide bonds. The van der Waals surface area contributed by atoms with Crippen LogP contribution in [0.25, 0.3) is 0 Å². The lowest BCUT2D eigenvalue weighted by atomic mass is 10.1. The number of piperidine rings is 1. The Balaban J connectivity index is 1.21. The average Bonchev–Trinajstić information content (AvgIpc) is 2.90. The molecule has 0 bridgehead atoms. The molecule has 2 aliphatic heterocycles. The van der Waals surface area contributed by atoms with Crippen LogP contribution in [0.1, 0.15) is 32.1 Å². The Morgan fingerprint density at radius 2 is 1.57 bits per heavy atom. The molecular weight excluding hydrogens is 466 g/mol. The summed E-state index contributed by atoms with van der Waals surface area (Å²) in [6.45, 7) is 8.93. The summed E-state index contributed by atoms with van der Waals surface area (Å²) < 4.78 is 12.8. The number of methoxy groups -OCH3 is 1. The van der Waals surface area contributed by atoms with Crippen molar-refractivity contribution >= 4 is 17.3 Å². The fourth-order valence-corrected chi connectivity index (χ4v) is 5.12. The van der Waals surface area contributed by atoms with E-state index < -0.39 is 0 Å². The first kappa shape index (κ1) is 25.8. The number of hydrogen-bond acceptors (Lipinski definition) is 7. The minimum Gasteiger partial charge on any atom is -0.493 e. The first-order valence-electron chi connectivity index (χ1n) is 12.9. The van der Waals surface area contributed by atoms with Gasteiger partial charge in [-0.3, -0.25) is 9.69 Å². The van der Waals surface area contributed by atoms with E-state index in [1.165, 1.54) is 37.0 Å². The first-order valence-corrected chi connectivity index (χ1v) is 13.2. The van der Waals surface area contributed by atoms with E-state index >= 15 is 0 Å². The van der Waals surface area contributed by atoms with Crippen molar-refractivity contribution in [2.24, 2.45) is 0 Å². The molecule has 2 fully saturated rings.